The first kappa shape index (κ1) is 12.1. The monoisotopic (exact) mass is 238 g/mol. The molecule has 90 valence electrons. The molecule has 2 atom stereocenters. The molecule has 1 heterocycles. The van der Waals surface area contributed by atoms with Crippen LogP contribution in [0.3, 0.4) is 0 Å². The summed E-state index contributed by atoms with van der Waals surface area (Å²) < 4.78 is 0. The van der Waals surface area contributed by atoms with Gasteiger partial charge in [0.05, 0.1) is 5.01 Å². The minimum absolute atomic E-state index is 0.860. The Hall–Kier alpha value is -0.410. The van der Waals surface area contributed by atoms with Crippen molar-refractivity contribution in [2.75, 3.05) is 13.1 Å². The van der Waals surface area contributed by atoms with Gasteiger partial charge in [0.2, 0.25) is 0 Å². The fourth-order valence-corrected chi connectivity index (χ4v) is 3.44. The Balaban J connectivity index is 1.88. The number of nitrogens with one attached hydrogen (secondary N) is 1. The summed E-state index contributed by atoms with van der Waals surface area (Å²) in [6.07, 6.45) is 8.78. The number of hydrogen-bond acceptors (Lipinski definition) is 3. The summed E-state index contributed by atoms with van der Waals surface area (Å²) in [5.41, 5.74) is 0. The highest BCUT2D eigenvalue weighted by Gasteiger charge is 2.25. The molecule has 1 aliphatic rings. The molecule has 0 spiro atoms. The SMILES string of the molecule is CCNCC1CCCCC1Cc1nccs1. The lowest BCUT2D eigenvalue weighted by atomic mass is 9.77. The summed E-state index contributed by atoms with van der Waals surface area (Å²) in [7, 11) is 0. The molecule has 1 fully saturated rings. The van der Waals surface area contributed by atoms with Crippen molar-refractivity contribution in [1.82, 2.24) is 10.3 Å². The lowest BCUT2D eigenvalue weighted by molar-refractivity contribution is 0.229. The molecule has 1 saturated carbocycles. The smallest absolute Gasteiger partial charge is 0.0927 e. The van der Waals surface area contributed by atoms with Crippen molar-refractivity contribution in [2.24, 2.45) is 11.8 Å². The maximum Gasteiger partial charge on any atom is 0.0927 e. The van der Waals surface area contributed by atoms with E-state index >= 15 is 0 Å². The van der Waals surface area contributed by atoms with E-state index in [0.717, 1.165) is 18.4 Å². The minimum Gasteiger partial charge on any atom is -0.317 e. The first-order valence-corrected chi connectivity index (χ1v) is 7.37. The van der Waals surface area contributed by atoms with Gasteiger partial charge in [-0.25, -0.2) is 4.98 Å². The topological polar surface area (TPSA) is 24.9 Å². The molecule has 0 saturated heterocycles. The van der Waals surface area contributed by atoms with Crippen molar-refractivity contribution in [2.45, 2.75) is 39.0 Å². The average molecular weight is 238 g/mol. The number of nitrogens with zero attached hydrogens (tertiary/aromatic N) is 1. The van der Waals surface area contributed by atoms with E-state index in [1.807, 2.05) is 17.5 Å². The molecule has 0 amide bonds. The first-order chi connectivity index (χ1) is 7.90. The lowest BCUT2D eigenvalue weighted by Gasteiger charge is -2.31. The maximum absolute atomic E-state index is 4.42. The second-order valence-electron chi connectivity index (χ2n) is 4.74. The van der Waals surface area contributed by atoms with Gasteiger partial charge in [-0.3, -0.25) is 0 Å². The van der Waals surface area contributed by atoms with Crippen molar-refractivity contribution in [3.63, 3.8) is 0 Å². The predicted octanol–water partition coefficient (Wildman–Crippen LogP) is 3.10. The van der Waals surface area contributed by atoms with Gasteiger partial charge < -0.3 is 5.32 Å². The van der Waals surface area contributed by atoms with Crippen LogP contribution in [-0.2, 0) is 6.42 Å². The Morgan fingerprint density at radius 3 is 2.88 bits per heavy atom. The molecule has 3 heteroatoms. The lowest BCUT2D eigenvalue weighted by Crippen LogP contribution is -2.31. The summed E-state index contributed by atoms with van der Waals surface area (Å²) in [6, 6.07) is 0. The van der Waals surface area contributed by atoms with E-state index in [2.05, 4.69) is 22.6 Å². The van der Waals surface area contributed by atoms with Crippen molar-refractivity contribution < 1.29 is 0 Å². The molecule has 0 aromatic carbocycles. The van der Waals surface area contributed by atoms with E-state index in [-0.39, 0.29) is 0 Å². The molecule has 16 heavy (non-hydrogen) atoms. The second-order valence-corrected chi connectivity index (χ2v) is 5.72. The molecular weight excluding hydrogens is 216 g/mol. The Kier molecular flexibility index (Phi) is 4.79. The van der Waals surface area contributed by atoms with Gasteiger partial charge in [0.1, 0.15) is 0 Å². The fourth-order valence-electron chi connectivity index (χ4n) is 2.73. The standard InChI is InChI=1S/C13H22N2S/c1-2-14-10-12-6-4-3-5-11(12)9-13-15-7-8-16-13/h7-8,11-12,14H,2-6,9-10H2,1H3. The van der Waals surface area contributed by atoms with Crippen LogP contribution in [-0.4, -0.2) is 18.1 Å². The largest absolute Gasteiger partial charge is 0.317 e. The van der Waals surface area contributed by atoms with Crippen molar-refractivity contribution >= 4 is 11.3 Å². The van der Waals surface area contributed by atoms with Gasteiger partial charge in [0.15, 0.2) is 0 Å². The highest BCUT2D eigenvalue weighted by Crippen LogP contribution is 2.32. The number of aromatic nitrogens is 1. The molecule has 1 aromatic heterocycles. The van der Waals surface area contributed by atoms with Gasteiger partial charge >= 0.3 is 0 Å². The van der Waals surface area contributed by atoms with Gasteiger partial charge in [-0.15, -0.1) is 11.3 Å². The van der Waals surface area contributed by atoms with Crippen molar-refractivity contribution in [3.05, 3.63) is 16.6 Å². The van der Waals surface area contributed by atoms with Crippen LogP contribution in [0.25, 0.3) is 0 Å². The van der Waals surface area contributed by atoms with Crippen LogP contribution < -0.4 is 5.32 Å². The number of rotatable bonds is 5. The Morgan fingerprint density at radius 2 is 2.19 bits per heavy atom. The summed E-state index contributed by atoms with van der Waals surface area (Å²) in [5, 5.41) is 6.93. The minimum atomic E-state index is 0.860. The van der Waals surface area contributed by atoms with Crippen LogP contribution in [0, 0.1) is 11.8 Å². The van der Waals surface area contributed by atoms with Crippen LogP contribution in [0.2, 0.25) is 0 Å². The first-order valence-electron chi connectivity index (χ1n) is 6.49. The highest BCUT2D eigenvalue weighted by molar-refractivity contribution is 7.09. The molecule has 0 bridgehead atoms. The summed E-state index contributed by atoms with van der Waals surface area (Å²) in [5.74, 6) is 1.73. The zero-order valence-corrected chi connectivity index (χ0v) is 10.9. The van der Waals surface area contributed by atoms with Gasteiger partial charge in [-0.05, 0) is 37.8 Å². The quantitative estimate of drug-likeness (QED) is 0.852. The predicted molar refractivity (Wildman–Crippen MR) is 69.8 cm³/mol. The molecule has 1 aliphatic carbocycles. The third-order valence-electron chi connectivity index (χ3n) is 3.64. The van der Waals surface area contributed by atoms with E-state index in [0.29, 0.717) is 0 Å². The molecule has 0 radical (unpaired) electrons. The van der Waals surface area contributed by atoms with Crippen LogP contribution in [0.15, 0.2) is 11.6 Å². The summed E-state index contributed by atoms with van der Waals surface area (Å²) >= 11 is 1.81. The third kappa shape index (κ3) is 3.29. The van der Waals surface area contributed by atoms with Crippen molar-refractivity contribution in [1.29, 1.82) is 0 Å². The molecule has 1 aromatic rings. The van der Waals surface area contributed by atoms with E-state index in [1.165, 1.54) is 43.7 Å². The molecule has 0 aliphatic heterocycles. The summed E-state index contributed by atoms with van der Waals surface area (Å²) in [6.45, 7) is 4.49. The van der Waals surface area contributed by atoms with Crippen molar-refractivity contribution in [3.8, 4) is 0 Å². The third-order valence-corrected chi connectivity index (χ3v) is 4.45. The average Bonchev–Trinajstić information content (AvgIpc) is 2.81. The van der Waals surface area contributed by atoms with Crippen LogP contribution in [0.1, 0.15) is 37.6 Å². The Labute approximate surface area is 102 Å². The Morgan fingerprint density at radius 1 is 1.38 bits per heavy atom. The van der Waals surface area contributed by atoms with Crippen LogP contribution in [0.5, 0.6) is 0 Å². The zero-order chi connectivity index (χ0) is 11.2. The second kappa shape index (κ2) is 6.36. The van der Waals surface area contributed by atoms with Crippen LogP contribution in [0.4, 0.5) is 0 Å². The molecule has 1 N–H and O–H groups in total. The highest BCUT2D eigenvalue weighted by atomic mass is 32.1. The van der Waals surface area contributed by atoms with E-state index in [4.69, 9.17) is 0 Å². The molecule has 2 nitrogen and oxygen atoms in total. The van der Waals surface area contributed by atoms with Gasteiger partial charge in [0, 0.05) is 18.0 Å². The molecule has 2 unspecified atom stereocenters. The maximum atomic E-state index is 4.42. The number of hydrogen-bond donors (Lipinski definition) is 1. The number of thiazole rings is 1. The van der Waals surface area contributed by atoms with Gasteiger partial charge in [-0.1, -0.05) is 19.8 Å². The van der Waals surface area contributed by atoms with Gasteiger partial charge in [-0.2, -0.15) is 0 Å². The molecular formula is C13H22N2S. The van der Waals surface area contributed by atoms with E-state index in [1.54, 1.807) is 0 Å². The summed E-state index contributed by atoms with van der Waals surface area (Å²) in [4.78, 5) is 4.42. The van der Waals surface area contributed by atoms with E-state index < -0.39 is 0 Å². The molecule has 2 rings (SSSR count). The Bertz CT molecular complexity index is 284. The normalized spacial score (nSPS) is 25.8. The zero-order valence-electron chi connectivity index (χ0n) is 10.1. The van der Waals surface area contributed by atoms with Gasteiger partial charge in [0.25, 0.3) is 0 Å². The van der Waals surface area contributed by atoms with Crippen LogP contribution >= 0.6 is 11.3 Å². The van der Waals surface area contributed by atoms with E-state index in [9.17, 15) is 0 Å². The fraction of sp³-hybridized carbons (Fsp3) is 0.769.